The van der Waals surface area contributed by atoms with E-state index in [9.17, 15) is 4.79 Å². The number of hydrogen-bond donors (Lipinski definition) is 1. The molecule has 0 fully saturated rings. The van der Waals surface area contributed by atoms with Crippen molar-refractivity contribution in [3.8, 4) is 5.75 Å². The molecule has 1 aromatic carbocycles. The number of aryl methyl sites for hydroxylation is 1. The summed E-state index contributed by atoms with van der Waals surface area (Å²) in [6.45, 7) is 8.46. The van der Waals surface area contributed by atoms with E-state index < -0.39 is 6.16 Å². The van der Waals surface area contributed by atoms with E-state index in [1.54, 1.807) is 0 Å². The quantitative estimate of drug-likeness (QED) is 0.612. The lowest BCUT2D eigenvalue weighted by Gasteiger charge is -2.19. The van der Waals surface area contributed by atoms with Crippen molar-refractivity contribution in [2.75, 3.05) is 0 Å². The van der Waals surface area contributed by atoms with Gasteiger partial charge in [-0.2, -0.15) is 0 Å². The zero-order chi connectivity index (χ0) is 14.4. The Hall–Kier alpha value is -1.51. The molecule has 0 atom stereocenters. The molecule has 1 rings (SSSR count). The van der Waals surface area contributed by atoms with Gasteiger partial charge in [-0.1, -0.05) is 34.1 Å². The Bertz CT molecular complexity index is 450. The molecule has 106 valence electrons. The van der Waals surface area contributed by atoms with Crippen LogP contribution in [0.25, 0.3) is 0 Å². The second kappa shape index (κ2) is 7.17. The average molecular weight is 264 g/mol. The van der Waals surface area contributed by atoms with Crippen LogP contribution in [0.3, 0.4) is 0 Å². The zero-order valence-corrected chi connectivity index (χ0v) is 12.4. The molecular weight excluding hydrogens is 240 g/mol. The Labute approximate surface area is 115 Å². The SMILES string of the molecule is CCCc1cc(OC(=O)O)c(CC)c(CC)c1CC. The molecule has 0 aliphatic heterocycles. The summed E-state index contributed by atoms with van der Waals surface area (Å²) in [5, 5.41) is 8.88. The molecule has 0 bridgehead atoms. The lowest BCUT2D eigenvalue weighted by atomic mass is 9.89. The monoisotopic (exact) mass is 264 g/mol. The van der Waals surface area contributed by atoms with E-state index >= 15 is 0 Å². The summed E-state index contributed by atoms with van der Waals surface area (Å²) in [6.07, 6.45) is 3.48. The van der Waals surface area contributed by atoms with Crippen molar-refractivity contribution in [1.82, 2.24) is 0 Å². The molecular formula is C16H24O3. The van der Waals surface area contributed by atoms with Crippen molar-refractivity contribution >= 4 is 6.16 Å². The van der Waals surface area contributed by atoms with Gasteiger partial charge in [0.15, 0.2) is 0 Å². The summed E-state index contributed by atoms with van der Waals surface area (Å²) < 4.78 is 4.98. The molecule has 0 aliphatic rings. The molecule has 3 nitrogen and oxygen atoms in total. The second-order valence-corrected chi connectivity index (χ2v) is 4.65. The molecule has 0 saturated heterocycles. The van der Waals surface area contributed by atoms with Gasteiger partial charge in [0, 0.05) is 0 Å². The van der Waals surface area contributed by atoms with E-state index in [2.05, 4.69) is 20.8 Å². The highest BCUT2D eigenvalue weighted by Crippen LogP contribution is 2.31. The molecule has 19 heavy (non-hydrogen) atoms. The molecule has 0 aliphatic carbocycles. The predicted molar refractivity (Wildman–Crippen MR) is 77.2 cm³/mol. The Kier molecular flexibility index (Phi) is 5.87. The van der Waals surface area contributed by atoms with Crippen molar-refractivity contribution in [3.63, 3.8) is 0 Å². The topological polar surface area (TPSA) is 46.5 Å². The fourth-order valence-electron chi connectivity index (χ4n) is 2.79. The Morgan fingerprint density at radius 2 is 1.63 bits per heavy atom. The Balaban J connectivity index is 3.45. The van der Waals surface area contributed by atoms with Crippen LogP contribution in [-0.4, -0.2) is 11.3 Å². The molecule has 0 saturated carbocycles. The number of carboxylic acid groups (broad SMARTS) is 1. The maximum absolute atomic E-state index is 10.8. The summed E-state index contributed by atoms with van der Waals surface area (Å²) in [4.78, 5) is 10.8. The molecule has 0 radical (unpaired) electrons. The van der Waals surface area contributed by atoms with Crippen LogP contribution in [0.1, 0.15) is 56.4 Å². The minimum absolute atomic E-state index is 0.521. The highest BCUT2D eigenvalue weighted by molar-refractivity contribution is 5.63. The van der Waals surface area contributed by atoms with Crippen LogP contribution in [0.5, 0.6) is 5.75 Å². The van der Waals surface area contributed by atoms with Gasteiger partial charge in [0.1, 0.15) is 5.75 Å². The van der Waals surface area contributed by atoms with Crippen LogP contribution < -0.4 is 4.74 Å². The summed E-state index contributed by atoms with van der Waals surface area (Å²) >= 11 is 0. The number of rotatable bonds is 6. The fraction of sp³-hybridized carbons (Fsp3) is 0.562. The standard InChI is InChI=1S/C16H24O3/c1-5-9-11-10-15(19-16(17)18)14(8-4)13(7-3)12(11)6-2/h10H,5-9H2,1-4H3,(H,17,18). The zero-order valence-electron chi connectivity index (χ0n) is 12.4. The number of hydrogen-bond acceptors (Lipinski definition) is 2. The van der Waals surface area contributed by atoms with Gasteiger partial charge in [-0.15, -0.1) is 0 Å². The predicted octanol–water partition coefficient (Wildman–Crippen LogP) is 4.38. The van der Waals surface area contributed by atoms with E-state index in [4.69, 9.17) is 9.84 Å². The molecule has 1 N–H and O–H groups in total. The lowest BCUT2D eigenvalue weighted by Crippen LogP contribution is -2.10. The largest absolute Gasteiger partial charge is 0.511 e. The van der Waals surface area contributed by atoms with E-state index in [-0.39, 0.29) is 0 Å². The molecule has 0 unspecified atom stereocenters. The highest BCUT2D eigenvalue weighted by atomic mass is 16.7. The third kappa shape index (κ3) is 3.49. The first kappa shape index (κ1) is 15.5. The van der Waals surface area contributed by atoms with Crippen LogP contribution in [0.2, 0.25) is 0 Å². The van der Waals surface area contributed by atoms with Crippen molar-refractivity contribution in [3.05, 3.63) is 28.3 Å². The van der Waals surface area contributed by atoms with E-state index in [1.165, 1.54) is 16.7 Å². The van der Waals surface area contributed by atoms with Crippen LogP contribution in [-0.2, 0) is 25.7 Å². The highest BCUT2D eigenvalue weighted by Gasteiger charge is 2.17. The second-order valence-electron chi connectivity index (χ2n) is 4.65. The molecule has 0 amide bonds. The van der Waals surface area contributed by atoms with Crippen molar-refractivity contribution in [2.45, 2.75) is 59.8 Å². The van der Waals surface area contributed by atoms with Gasteiger partial charge >= 0.3 is 6.16 Å². The normalized spacial score (nSPS) is 10.5. The maximum Gasteiger partial charge on any atom is 0.511 e. The first-order chi connectivity index (χ1) is 9.08. The third-order valence-electron chi connectivity index (χ3n) is 3.50. The smallest absolute Gasteiger partial charge is 0.449 e. The Morgan fingerprint density at radius 3 is 2.05 bits per heavy atom. The minimum atomic E-state index is -1.23. The van der Waals surface area contributed by atoms with E-state index in [1.807, 2.05) is 13.0 Å². The number of ether oxygens (including phenoxy) is 1. The van der Waals surface area contributed by atoms with Gasteiger partial charge in [0.05, 0.1) is 0 Å². The summed E-state index contributed by atoms with van der Waals surface area (Å²) in [5.41, 5.74) is 4.92. The van der Waals surface area contributed by atoms with Crippen molar-refractivity contribution in [1.29, 1.82) is 0 Å². The van der Waals surface area contributed by atoms with Gasteiger partial charge < -0.3 is 9.84 Å². The lowest BCUT2D eigenvalue weighted by molar-refractivity contribution is 0.144. The maximum atomic E-state index is 10.8. The molecule has 0 spiro atoms. The van der Waals surface area contributed by atoms with Gasteiger partial charge in [-0.3, -0.25) is 0 Å². The Morgan fingerprint density at radius 1 is 1.05 bits per heavy atom. The van der Waals surface area contributed by atoms with E-state index in [0.717, 1.165) is 37.7 Å². The molecule has 3 heteroatoms. The van der Waals surface area contributed by atoms with Crippen LogP contribution in [0, 0.1) is 0 Å². The van der Waals surface area contributed by atoms with Crippen LogP contribution in [0.15, 0.2) is 6.07 Å². The van der Waals surface area contributed by atoms with Crippen LogP contribution >= 0.6 is 0 Å². The first-order valence-corrected chi connectivity index (χ1v) is 7.16. The molecule has 1 aromatic rings. The van der Waals surface area contributed by atoms with Gasteiger partial charge in [-0.25, -0.2) is 4.79 Å². The van der Waals surface area contributed by atoms with Crippen molar-refractivity contribution < 1.29 is 14.6 Å². The first-order valence-electron chi connectivity index (χ1n) is 7.16. The summed E-state index contributed by atoms with van der Waals surface area (Å²) in [7, 11) is 0. The number of benzene rings is 1. The summed E-state index contributed by atoms with van der Waals surface area (Å²) in [5.74, 6) is 0.521. The van der Waals surface area contributed by atoms with E-state index in [0.29, 0.717) is 5.75 Å². The van der Waals surface area contributed by atoms with Crippen LogP contribution in [0.4, 0.5) is 4.79 Å². The van der Waals surface area contributed by atoms with Gasteiger partial charge in [-0.05, 0) is 54.0 Å². The summed E-state index contributed by atoms with van der Waals surface area (Å²) in [6, 6.07) is 1.93. The third-order valence-corrected chi connectivity index (χ3v) is 3.50. The van der Waals surface area contributed by atoms with Crippen molar-refractivity contribution in [2.24, 2.45) is 0 Å². The average Bonchev–Trinajstić information content (AvgIpc) is 2.37. The molecule has 0 aromatic heterocycles. The van der Waals surface area contributed by atoms with Gasteiger partial charge in [0.25, 0.3) is 0 Å². The molecule has 0 heterocycles. The number of carbonyl (C=O) groups is 1. The fourth-order valence-corrected chi connectivity index (χ4v) is 2.79. The minimum Gasteiger partial charge on any atom is -0.449 e. The van der Waals surface area contributed by atoms with Gasteiger partial charge in [0.2, 0.25) is 0 Å².